The van der Waals surface area contributed by atoms with E-state index in [2.05, 4.69) is 0 Å². The number of ether oxygens (including phenoxy) is 2. The molecule has 0 atom stereocenters. The first-order valence-electron chi connectivity index (χ1n) is 5.99. The fourth-order valence-corrected chi connectivity index (χ4v) is 1.69. The zero-order valence-corrected chi connectivity index (χ0v) is 11.3. The Morgan fingerprint density at radius 3 is 2.14 bits per heavy atom. The van der Waals surface area contributed by atoms with Gasteiger partial charge in [-0.25, -0.2) is 0 Å². The maximum absolute atomic E-state index is 12.6. The average molecular weight is 313 g/mol. The summed E-state index contributed by atoms with van der Waals surface area (Å²) >= 11 is 0. The number of nitro groups is 1. The number of nitro benzene ring substituents is 1. The second kappa shape index (κ2) is 5.92. The van der Waals surface area contributed by atoms with Gasteiger partial charge >= 0.3 is 11.9 Å². The third-order valence-electron chi connectivity index (χ3n) is 2.77. The lowest BCUT2D eigenvalue weighted by Crippen LogP contribution is -2.06. The molecule has 0 amide bonds. The van der Waals surface area contributed by atoms with E-state index in [1.807, 2.05) is 0 Å². The van der Waals surface area contributed by atoms with E-state index in [-0.39, 0.29) is 11.5 Å². The van der Waals surface area contributed by atoms with Gasteiger partial charge in [0.1, 0.15) is 11.5 Å². The van der Waals surface area contributed by atoms with E-state index < -0.39 is 22.4 Å². The van der Waals surface area contributed by atoms with Crippen LogP contribution in [-0.2, 0) is 6.18 Å². The number of alkyl halides is 3. The van der Waals surface area contributed by atoms with Crippen LogP contribution in [-0.4, -0.2) is 12.0 Å². The maximum Gasteiger partial charge on any atom is 0.416 e. The summed E-state index contributed by atoms with van der Waals surface area (Å²) in [5.41, 5.74) is -1.87. The van der Waals surface area contributed by atoms with Crippen molar-refractivity contribution in [3.05, 3.63) is 58.1 Å². The zero-order valence-electron chi connectivity index (χ0n) is 11.3. The molecule has 8 heteroatoms. The van der Waals surface area contributed by atoms with Crippen LogP contribution >= 0.6 is 0 Å². The standard InChI is InChI=1S/C14H10F3NO4/c1-21-10-3-5-11(6-4-10)22-13-7-2-9(14(15,16)17)8-12(13)18(19)20/h2-8H,1H3. The number of methoxy groups -OCH3 is 1. The molecule has 116 valence electrons. The fraction of sp³-hybridized carbons (Fsp3) is 0.143. The molecule has 0 aliphatic carbocycles. The first-order chi connectivity index (χ1) is 10.3. The van der Waals surface area contributed by atoms with Gasteiger partial charge in [-0.2, -0.15) is 13.2 Å². The minimum Gasteiger partial charge on any atom is -0.497 e. The van der Waals surface area contributed by atoms with Crippen LogP contribution in [0.4, 0.5) is 18.9 Å². The van der Waals surface area contributed by atoms with Gasteiger partial charge in [0.25, 0.3) is 0 Å². The van der Waals surface area contributed by atoms with Gasteiger partial charge in [0, 0.05) is 6.07 Å². The predicted molar refractivity (Wildman–Crippen MR) is 71.2 cm³/mol. The summed E-state index contributed by atoms with van der Waals surface area (Å²) in [6.45, 7) is 0. The van der Waals surface area contributed by atoms with Crippen LogP contribution < -0.4 is 9.47 Å². The summed E-state index contributed by atoms with van der Waals surface area (Å²) in [4.78, 5) is 10.0. The number of nitrogens with zero attached hydrogens (tertiary/aromatic N) is 1. The molecule has 0 fully saturated rings. The Labute approximate surface area is 123 Å². The van der Waals surface area contributed by atoms with E-state index in [1.54, 1.807) is 12.1 Å². The van der Waals surface area contributed by atoms with Gasteiger partial charge in [-0.1, -0.05) is 0 Å². The number of rotatable bonds is 4. The topological polar surface area (TPSA) is 61.6 Å². The van der Waals surface area contributed by atoms with Crippen molar-refractivity contribution < 1.29 is 27.6 Å². The molecule has 0 heterocycles. The Bertz CT molecular complexity index is 683. The van der Waals surface area contributed by atoms with Gasteiger partial charge in [0.15, 0.2) is 0 Å². The maximum atomic E-state index is 12.6. The van der Waals surface area contributed by atoms with Crippen molar-refractivity contribution in [1.82, 2.24) is 0 Å². The fourth-order valence-electron chi connectivity index (χ4n) is 1.69. The molecule has 2 aromatic rings. The van der Waals surface area contributed by atoms with Gasteiger partial charge in [-0.15, -0.1) is 0 Å². The monoisotopic (exact) mass is 313 g/mol. The van der Waals surface area contributed by atoms with Crippen LogP contribution in [0.25, 0.3) is 0 Å². The van der Waals surface area contributed by atoms with Crippen molar-refractivity contribution in [2.24, 2.45) is 0 Å². The molecule has 2 rings (SSSR count). The van der Waals surface area contributed by atoms with E-state index >= 15 is 0 Å². The Kier molecular flexibility index (Phi) is 4.20. The zero-order chi connectivity index (χ0) is 16.3. The van der Waals surface area contributed by atoms with E-state index in [4.69, 9.17) is 9.47 Å². The van der Waals surface area contributed by atoms with Gasteiger partial charge in [-0.3, -0.25) is 10.1 Å². The van der Waals surface area contributed by atoms with Crippen molar-refractivity contribution >= 4 is 5.69 Å². The number of hydrogen-bond acceptors (Lipinski definition) is 4. The Morgan fingerprint density at radius 1 is 1.05 bits per heavy atom. The summed E-state index contributed by atoms with van der Waals surface area (Å²) in [6.07, 6.45) is -4.66. The normalized spacial score (nSPS) is 11.1. The molecule has 0 aliphatic heterocycles. The number of hydrogen-bond donors (Lipinski definition) is 0. The van der Waals surface area contributed by atoms with Crippen LogP contribution in [0.3, 0.4) is 0 Å². The van der Waals surface area contributed by atoms with Crippen molar-refractivity contribution in [2.75, 3.05) is 7.11 Å². The summed E-state index contributed by atoms with van der Waals surface area (Å²) in [6, 6.07) is 8.19. The van der Waals surface area contributed by atoms with Crippen LogP contribution in [0, 0.1) is 10.1 Å². The van der Waals surface area contributed by atoms with E-state index in [1.165, 1.54) is 19.2 Å². The van der Waals surface area contributed by atoms with Gasteiger partial charge in [0.05, 0.1) is 17.6 Å². The molecule has 0 unspecified atom stereocenters. The molecule has 0 radical (unpaired) electrons. The summed E-state index contributed by atoms with van der Waals surface area (Å²) in [7, 11) is 1.47. The lowest BCUT2D eigenvalue weighted by molar-refractivity contribution is -0.385. The highest BCUT2D eigenvalue weighted by Crippen LogP contribution is 2.37. The SMILES string of the molecule is COc1ccc(Oc2ccc(C(F)(F)F)cc2[N+](=O)[O-])cc1. The minimum atomic E-state index is -4.66. The largest absolute Gasteiger partial charge is 0.497 e. The molecule has 22 heavy (non-hydrogen) atoms. The lowest BCUT2D eigenvalue weighted by atomic mass is 10.2. The van der Waals surface area contributed by atoms with Gasteiger partial charge in [-0.05, 0) is 36.4 Å². The Balaban J connectivity index is 2.35. The first-order valence-corrected chi connectivity index (χ1v) is 5.99. The molecule has 5 nitrogen and oxygen atoms in total. The molecule has 0 bridgehead atoms. The van der Waals surface area contributed by atoms with Crippen molar-refractivity contribution in [2.45, 2.75) is 6.18 Å². The van der Waals surface area contributed by atoms with Gasteiger partial charge in [0.2, 0.25) is 5.75 Å². The molecule has 0 spiro atoms. The van der Waals surface area contributed by atoms with E-state index in [9.17, 15) is 23.3 Å². The van der Waals surface area contributed by atoms with E-state index in [0.29, 0.717) is 11.8 Å². The van der Waals surface area contributed by atoms with Crippen LogP contribution in [0.2, 0.25) is 0 Å². The highest BCUT2D eigenvalue weighted by atomic mass is 19.4. The second-order valence-electron chi connectivity index (χ2n) is 4.21. The van der Waals surface area contributed by atoms with Crippen molar-refractivity contribution in [3.63, 3.8) is 0 Å². The Morgan fingerprint density at radius 2 is 1.64 bits per heavy atom. The van der Waals surface area contributed by atoms with E-state index in [0.717, 1.165) is 12.1 Å². The predicted octanol–water partition coefficient (Wildman–Crippen LogP) is 4.41. The molecule has 0 saturated carbocycles. The Hall–Kier alpha value is -2.77. The first kappa shape index (κ1) is 15.6. The van der Waals surface area contributed by atoms with Crippen LogP contribution in [0.15, 0.2) is 42.5 Å². The van der Waals surface area contributed by atoms with Crippen LogP contribution in [0.1, 0.15) is 5.56 Å². The summed E-state index contributed by atoms with van der Waals surface area (Å²) in [5.74, 6) is 0.515. The number of benzene rings is 2. The average Bonchev–Trinajstić information content (AvgIpc) is 2.47. The minimum absolute atomic E-state index is 0.239. The summed E-state index contributed by atoms with van der Waals surface area (Å²) in [5, 5.41) is 10.9. The highest BCUT2D eigenvalue weighted by Gasteiger charge is 2.33. The second-order valence-corrected chi connectivity index (χ2v) is 4.21. The van der Waals surface area contributed by atoms with Crippen molar-refractivity contribution in [1.29, 1.82) is 0 Å². The van der Waals surface area contributed by atoms with Crippen LogP contribution in [0.5, 0.6) is 17.2 Å². The van der Waals surface area contributed by atoms with Gasteiger partial charge < -0.3 is 9.47 Å². The molecule has 0 aromatic heterocycles. The quantitative estimate of drug-likeness (QED) is 0.619. The third kappa shape index (κ3) is 3.46. The molecule has 0 N–H and O–H groups in total. The van der Waals surface area contributed by atoms with Crippen molar-refractivity contribution in [3.8, 4) is 17.2 Å². The lowest BCUT2D eigenvalue weighted by Gasteiger charge is -2.10. The highest BCUT2D eigenvalue weighted by molar-refractivity contribution is 5.51. The molecular weight excluding hydrogens is 303 g/mol. The molecule has 0 aliphatic rings. The summed E-state index contributed by atoms with van der Waals surface area (Å²) < 4.78 is 48.0. The molecule has 2 aromatic carbocycles. The molecular formula is C14H10F3NO4. The number of halogens is 3. The smallest absolute Gasteiger partial charge is 0.416 e. The third-order valence-corrected chi connectivity index (χ3v) is 2.77. The molecule has 0 saturated heterocycles.